The van der Waals surface area contributed by atoms with Gasteiger partial charge in [0.05, 0.1) is 17.0 Å². The summed E-state index contributed by atoms with van der Waals surface area (Å²) in [6.07, 6.45) is 0. The lowest BCUT2D eigenvalue weighted by molar-refractivity contribution is 0.0685. The minimum atomic E-state index is -0.0209. The fraction of sp³-hybridized carbons (Fsp3) is 0.263. The number of methoxy groups -OCH3 is 1. The Bertz CT molecular complexity index is 881. The van der Waals surface area contributed by atoms with Gasteiger partial charge in [-0.3, -0.25) is 4.79 Å². The summed E-state index contributed by atoms with van der Waals surface area (Å²) in [7, 11) is 1.63. The van der Waals surface area contributed by atoms with Crippen molar-refractivity contribution in [1.82, 2.24) is 9.88 Å². The molecule has 0 atom stereocenters. The molecule has 0 radical (unpaired) electrons. The van der Waals surface area contributed by atoms with E-state index in [1.165, 1.54) is 11.3 Å². The van der Waals surface area contributed by atoms with Gasteiger partial charge >= 0.3 is 0 Å². The summed E-state index contributed by atoms with van der Waals surface area (Å²) < 4.78 is 5.15. The van der Waals surface area contributed by atoms with Crippen molar-refractivity contribution in [1.29, 1.82) is 0 Å². The molecular weight excluding hydrogens is 356 g/mol. The number of pyridine rings is 1. The number of fused-ring (bicyclic) bond motifs is 1. The summed E-state index contributed by atoms with van der Waals surface area (Å²) in [6, 6.07) is 11.7. The molecule has 4 nitrogen and oxygen atoms in total. The Hall–Kier alpha value is -1.95. The summed E-state index contributed by atoms with van der Waals surface area (Å²) in [6.45, 7) is 3.37. The topological polar surface area (TPSA) is 42.4 Å². The molecule has 25 heavy (non-hydrogen) atoms. The summed E-state index contributed by atoms with van der Waals surface area (Å²) in [5.74, 6) is -0.0209. The second-order valence-electron chi connectivity index (χ2n) is 5.78. The van der Waals surface area contributed by atoms with Gasteiger partial charge in [0.2, 0.25) is 0 Å². The van der Waals surface area contributed by atoms with Crippen molar-refractivity contribution in [3.63, 3.8) is 0 Å². The van der Waals surface area contributed by atoms with Crippen LogP contribution in [-0.4, -0.2) is 36.1 Å². The van der Waals surface area contributed by atoms with E-state index in [1.54, 1.807) is 12.0 Å². The number of nitrogens with zero attached hydrogens (tertiary/aromatic N) is 2. The van der Waals surface area contributed by atoms with Crippen molar-refractivity contribution < 1.29 is 9.53 Å². The van der Waals surface area contributed by atoms with Gasteiger partial charge in [-0.05, 0) is 30.0 Å². The Kier molecular flexibility index (Phi) is 5.68. The first-order valence-corrected chi connectivity index (χ1v) is 9.22. The third-order valence-corrected chi connectivity index (χ3v) is 5.20. The normalized spacial score (nSPS) is 11.0. The molecule has 0 spiro atoms. The molecule has 130 valence electrons. The minimum absolute atomic E-state index is 0.0209. The highest BCUT2D eigenvalue weighted by molar-refractivity contribution is 7.12. The molecule has 1 amide bonds. The SMILES string of the molecule is COCCN(Cc1cc2cccc(C)c2nc1Cl)C(=O)c1cccs1. The molecule has 0 bridgehead atoms. The van der Waals surface area contributed by atoms with Gasteiger partial charge in [-0.1, -0.05) is 35.9 Å². The lowest BCUT2D eigenvalue weighted by Crippen LogP contribution is -2.33. The maximum atomic E-state index is 12.8. The van der Waals surface area contributed by atoms with Crippen LogP contribution >= 0.6 is 22.9 Å². The molecule has 0 saturated carbocycles. The molecule has 0 unspecified atom stereocenters. The lowest BCUT2D eigenvalue weighted by atomic mass is 10.1. The van der Waals surface area contributed by atoms with E-state index >= 15 is 0 Å². The van der Waals surface area contributed by atoms with Crippen LogP contribution < -0.4 is 0 Å². The number of hydrogen-bond acceptors (Lipinski definition) is 4. The molecule has 3 rings (SSSR count). The number of hydrogen-bond donors (Lipinski definition) is 0. The largest absolute Gasteiger partial charge is 0.383 e. The Morgan fingerprint density at radius 2 is 2.16 bits per heavy atom. The van der Waals surface area contributed by atoms with E-state index in [4.69, 9.17) is 16.3 Å². The van der Waals surface area contributed by atoms with Crippen LogP contribution in [0.3, 0.4) is 0 Å². The number of aryl methyl sites for hydroxylation is 1. The van der Waals surface area contributed by atoms with Gasteiger partial charge in [0.15, 0.2) is 0 Å². The van der Waals surface area contributed by atoms with Crippen LogP contribution in [0.2, 0.25) is 5.15 Å². The maximum absolute atomic E-state index is 12.8. The van der Waals surface area contributed by atoms with Gasteiger partial charge in [-0.15, -0.1) is 11.3 Å². The van der Waals surface area contributed by atoms with Gasteiger partial charge in [0.25, 0.3) is 5.91 Å². The second kappa shape index (κ2) is 7.95. The minimum Gasteiger partial charge on any atom is -0.383 e. The van der Waals surface area contributed by atoms with Crippen LogP contribution in [0, 0.1) is 6.92 Å². The van der Waals surface area contributed by atoms with Crippen LogP contribution in [0.1, 0.15) is 20.8 Å². The van der Waals surface area contributed by atoms with E-state index in [2.05, 4.69) is 4.98 Å². The monoisotopic (exact) mass is 374 g/mol. The standard InChI is InChI=1S/C19H19ClN2O2S/c1-13-5-3-6-14-11-15(18(20)21-17(13)14)12-22(8-9-24-2)19(23)16-7-4-10-25-16/h3-7,10-11H,8-9,12H2,1-2H3. The number of carbonyl (C=O) groups is 1. The molecule has 0 fully saturated rings. The number of amides is 1. The van der Waals surface area contributed by atoms with Crippen LogP contribution in [0.4, 0.5) is 0 Å². The maximum Gasteiger partial charge on any atom is 0.264 e. The molecular formula is C19H19ClN2O2S. The van der Waals surface area contributed by atoms with Crippen molar-refractivity contribution in [2.24, 2.45) is 0 Å². The van der Waals surface area contributed by atoms with Crippen LogP contribution in [0.15, 0.2) is 41.8 Å². The van der Waals surface area contributed by atoms with Gasteiger partial charge < -0.3 is 9.64 Å². The first kappa shape index (κ1) is 17.9. The molecule has 0 saturated heterocycles. The smallest absolute Gasteiger partial charge is 0.264 e. The molecule has 2 aromatic heterocycles. The van der Waals surface area contributed by atoms with Crippen molar-refractivity contribution in [2.75, 3.05) is 20.3 Å². The number of thiophene rings is 1. The first-order valence-electron chi connectivity index (χ1n) is 7.96. The van der Waals surface area contributed by atoms with E-state index < -0.39 is 0 Å². The van der Waals surface area contributed by atoms with E-state index in [0.717, 1.165) is 22.0 Å². The average Bonchev–Trinajstić information content (AvgIpc) is 3.14. The molecule has 3 aromatic rings. The summed E-state index contributed by atoms with van der Waals surface area (Å²) in [5, 5.41) is 3.35. The van der Waals surface area contributed by atoms with Crippen molar-refractivity contribution in [3.05, 3.63) is 62.9 Å². The third-order valence-electron chi connectivity index (χ3n) is 4.02. The van der Waals surface area contributed by atoms with Gasteiger partial charge in [-0.25, -0.2) is 4.98 Å². The number of halogens is 1. The van der Waals surface area contributed by atoms with E-state index in [1.807, 2.05) is 48.7 Å². The quantitative estimate of drug-likeness (QED) is 0.594. The summed E-state index contributed by atoms with van der Waals surface area (Å²) in [4.78, 5) is 19.7. The third kappa shape index (κ3) is 4.00. The van der Waals surface area contributed by atoms with Crippen LogP contribution in [-0.2, 0) is 11.3 Å². The van der Waals surface area contributed by atoms with E-state index in [0.29, 0.717) is 29.7 Å². The lowest BCUT2D eigenvalue weighted by Gasteiger charge is -2.22. The number of aromatic nitrogens is 1. The first-order chi connectivity index (χ1) is 12.1. The van der Waals surface area contributed by atoms with Gasteiger partial charge in [-0.2, -0.15) is 0 Å². The van der Waals surface area contributed by atoms with E-state index in [-0.39, 0.29) is 5.91 Å². The number of benzene rings is 1. The van der Waals surface area contributed by atoms with Crippen LogP contribution in [0.25, 0.3) is 10.9 Å². The molecule has 0 aliphatic rings. The van der Waals surface area contributed by atoms with Crippen molar-refractivity contribution in [2.45, 2.75) is 13.5 Å². The zero-order valence-corrected chi connectivity index (χ0v) is 15.7. The number of para-hydroxylation sites is 1. The second-order valence-corrected chi connectivity index (χ2v) is 7.09. The van der Waals surface area contributed by atoms with Crippen molar-refractivity contribution >= 4 is 39.7 Å². The van der Waals surface area contributed by atoms with Crippen LogP contribution in [0.5, 0.6) is 0 Å². The molecule has 2 heterocycles. The molecule has 0 aliphatic carbocycles. The van der Waals surface area contributed by atoms with Gasteiger partial charge in [0, 0.05) is 31.1 Å². The number of carbonyl (C=O) groups excluding carboxylic acids is 1. The summed E-state index contributed by atoms with van der Waals surface area (Å²) >= 11 is 7.84. The number of rotatable bonds is 6. The van der Waals surface area contributed by atoms with E-state index in [9.17, 15) is 4.79 Å². The highest BCUT2D eigenvalue weighted by atomic mass is 35.5. The Labute approximate surface area is 156 Å². The zero-order valence-electron chi connectivity index (χ0n) is 14.2. The average molecular weight is 375 g/mol. The summed E-state index contributed by atoms with van der Waals surface area (Å²) in [5.41, 5.74) is 2.81. The highest BCUT2D eigenvalue weighted by Gasteiger charge is 2.19. The Morgan fingerprint density at radius 3 is 2.88 bits per heavy atom. The number of ether oxygens (including phenoxy) is 1. The molecule has 0 aliphatic heterocycles. The molecule has 1 aromatic carbocycles. The van der Waals surface area contributed by atoms with Crippen molar-refractivity contribution in [3.8, 4) is 0 Å². The molecule has 6 heteroatoms. The Balaban J connectivity index is 1.92. The fourth-order valence-electron chi connectivity index (χ4n) is 2.69. The highest BCUT2D eigenvalue weighted by Crippen LogP contribution is 2.25. The predicted octanol–water partition coefficient (Wildman–Crippen LogP) is 4.55. The molecule has 0 N–H and O–H groups in total. The zero-order chi connectivity index (χ0) is 17.8. The fourth-order valence-corrected chi connectivity index (χ4v) is 3.58. The van der Waals surface area contributed by atoms with Gasteiger partial charge in [0.1, 0.15) is 5.15 Å². The predicted molar refractivity (Wildman–Crippen MR) is 102 cm³/mol. The Morgan fingerprint density at radius 1 is 1.32 bits per heavy atom.